The second-order valence-corrected chi connectivity index (χ2v) is 4.71. The number of aliphatic hydroxyl groups excluding tert-OH is 1. The zero-order valence-electron chi connectivity index (χ0n) is 10.3. The summed E-state index contributed by atoms with van der Waals surface area (Å²) < 4.78 is 13.2. The SMILES string of the molecule is C[C@H](O)c1cc(F)ccc1N1CCC(C(N)=O)C1. The van der Waals surface area contributed by atoms with Crippen LogP contribution in [0.4, 0.5) is 10.1 Å². The van der Waals surface area contributed by atoms with E-state index in [9.17, 15) is 14.3 Å². The monoisotopic (exact) mass is 252 g/mol. The Morgan fingerprint density at radius 1 is 1.61 bits per heavy atom. The average molecular weight is 252 g/mol. The molecule has 2 atom stereocenters. The Hall–Kier alpha value is -1.62. The van der Waals surface area contributed by atoms with Gasteiger partial charge in [0.2, 0.25) is 5.91 Å². The molecule has 1 unspecified atom stereocenters. The molecule has 0 radical (unpaired) electrons. The van der Waals surface area contributed by atoms with Crippen LogP contribution in [0.1, 0.15) is 25.0 Å². The molecule has 1 aliphatic heterocycles. The molecule has 1 aromatic rings. The molecule has 1 aromatic carbocycles. The lowest BCUT2D eigenvalue weighted by atomic mass is 10.1. The number of nitrogens with two attached hydrogens (primary N) is 1. The van der Waals surface area contributed by atoms with E-state index in [4.69, 9.17) is 5.73 Å². The summed E-state index contributed by atoms with van der Waals surface area (Å²) in [5, 5.41) is 9.68. The molecule has 0 aromatic heterocycles. The van der Waals surface area contributed by atoms with Gasteiger partial charge in [-0.15, -0.1) is 0 Å². The van der Waals surface area contributed by atoms with E-state index < -0.39 is 6.10 Å². The Balaban J connectivity index is 2.26. The number of amides is 1. The summed E-state index contributed by atoms with van der Waals surface area (Å²) in [7, 11) is 0. The average Bonchev–Trinajstić information content (AvgIpc) is 2.78. The van der Waals surface area contributed by atoms with Gasteiger partial charge in [0.25, 0.3) is 0 Å². The second-order valence-electron chi connectivity index (χ2n) is 4.71. The fourth-order valence-electron chi connectivity index (χ4n) is 2.36. The van der Waals surface area contributed by atoms with Gasteiger partial charge >= 0.3 is 0 Å². The third-order valence-corrected chi connectivity index (χ3v) is 3.37. The van der Waals surface area contributed by atoms with E-state index >= 15 is 0 Å². The lowest BCUT2D eigenvalue weighted by Gasteiger charge is -2.23. The lowest BCUT2D eigenvalue weighted by molar-refractivity contribution is -0.121. The van der Waals surface area contributed by atoms with E-state index in [0.29, 0.717) is 25.1 Å². The van der Waals surface area contributed by atoms with Gasteiger partial charge in [0.1, 0.15) is 5.82 Å². The third kappa shape index (κ3) is 2.46. The highest BCUT2D eigenvalue weighted by Gasteiger charge is 2.28. The fourth-order valence-corrected chi connectivity index (χ4v) is 2.36. The highest BCUT2D eigenvalue weighted by molar-refractivity contribution is 5.78. The predicted octanol–water partition coefficient (Wildman–Crippen LogP) is 1.19. The van der Waals surface area contributed by atoms with Crippen LogP contribution >= 0.6 is 0 Å². The third-order valence-electron chi connectivity index (χ3n) is 3.37. The molecule has 1 amide bonds. The van der Waals surface area contributed by atoms with Crippen molar-refractivity contribution >= 4 is 11.6 Å². The van der Waals surface area contributed by atoms with Crippen LogP contribution in [0.25, 0.3) is 0 Å². The largest absolute Gasteiger partial charge is 0.389 e. The summed E-state index contributed by atoms with van der Waals surface area (Å²) in [6.07, 6.45) is -0.0466. The van der Waals surface area contributed by atoms with Gasteiger partial charge in [-0.1, -0.05) is 0 Å². The van der Waals surface area contributed by atoms with Gasteiger partial charge in [0.05, 0.1) is 12.0 Å². The first-order valence-corrected chi connectivity index (χ1v) is 6.01. The molecular formula is C13H17FN2O2. The number of primary amides is 1. The van der Waals surface area contributed by atoms with Gasteiger partial charge in [-0.25, -0.2) is 4.39 Å². The molecular weight excluding hydrogens is 235 g/mol. The lowest BCUT2D eigenvalue weighted by Crippen LogP contribution is -2.27. The number of rotatable bonds is 3. The number of nitrogens with zero attached hydrogens (tertiary/aromatic N) is 1. The summed E-state index contributed by atoms with van der Waals surface area (Å²) in [4.78, 5) is 13.1. The van der Waals surface area contributed by atoms with Crippen molar-refractivity contribution in [1.29, 1.82) is 0 Å². The van der Waals surface area contributed by atoms with Crippen molar-refractivity contribution in [2.75, 3.05) is 18.0 Å². The standard InChI is InChI=1S/C13H17FN2O2/c1-8(17)11-6-10(14)2-3-12(11)16-5-4-9(7-16)13(15)18/h2-3,6,8-9,17H,4-5,7H2,1H3,(H2,15,18)/t8-,9?/m0/s1. The number of benzene rings is 1. The molecule has 2 rings (SSSR count). The Kier molecular flexibility index (Phi) is 3.52. The molecule has 18 heavy (non-hydrogen) atoms. The van der Waals surface area contributed by atoms with Gasteiger partial charge < -0.3 is 15.7 Å². The van der Waals surface area contributed by atoms with Gasteiger partial charge in [-0.2, -0.15) is 0 Å². The van der Waals surface area contributed by atoms with E-state index in [-0.39, 0.29) is 17.6 Å². The number of hydrogen-bond acceptors (Lipinski definition) is 3. The number of halogens is 1. The number of anilines is 1. The van der Waals surface area contributed by atoms with Crippen LogP contribution < -0.4 is 10.6 Å². The predicted molar refractivity (Wildman–Crippen MR) is 66.5 cm³/mol. The van der Waals surface area contributed by atoms with Crippen LogP contribution in [0.2, 0.25) is 0 Å². The summed E-state index contributed by atoms with van der Waals surface area (Å²) in [5.74, 6) is -0.851. The highest BCUT2D eigenvalue weighted by atomic mass is 19.1. The maximum absolute atomic E-state index is 13.2. The first-order chi connectivity index (χ1) is 8.49. The van der Waals surface area contributed by atoms with Crippen molar-refractivity contribution in [2.45, 2.75) is 19.4 Å². The Morgan fingerprint density at radius 3 is 2.89 bits per heavy atom. The number of hydrogen-bond donors (Lipinski definition) is 2. The van der Waals surface area contributed by atoms with E-state index in [1.807, 2.05) is 4.90 Å². The first kappa shape index (κ1) is 12.8. The zero-order chi connectivity index (χ0) is 13.3. The molecule has 1 heterocycles. The molecule has 1 aliphatic rings. The smallest absolute Gasteiger partial charge is 0.222 e. The number of carbonyl (C=O) groups excluding carboxylic acids is 1. The molecule has 0 saturated carbocycles. The summed E-state index contributed by atoms with van der Waals surface area (Å²) >= 11 is 0. The van der Waals surface area contributed by atoms with Crippen molar-refractivity contribution < 1.29 is 14.3 Å². The molecule has 0 spiro atoms. The minimum Gasteiger partial charge on any atom is -0.389 e. The maximum atomic E-state index is 13.2. The highest BCUT2D eigenvalue weighted by Crippen LogP contribution is 2.31. The minimum absolute atomic E-state index is 0.170. The van der Waals surface area contributed by atoms with E-state index in [0.717, 1.165) is 5.69 Å². The van der Waals surface area contributed by atoms with Crippen LogP contribution in [0.15, 0.2) is 18.2 Å². The van der Waals surface area contributed by atoms with Gasteiger partial charge in [0, 0.05) is 24.3 Å². The second kappa shape index (κ2) is 4.94. The molecule has 0 aliphatic carbocycles. The normalized spacial score (nSPS) is 21.1. The molecule has 1 fully saturated rings. The topological polar surface area (TPSA) is 66.6 Å². The quantitative estimate of drug-likeness (QED) is 0.849. The van der Waals surface area contributed by atoms with Crippen LogP contribution in [-0.4, -0.2) is 24.1 Å². The molecule has 3 N–H and O–H groups in total. The van der Waals surface area contributed by atoms with Crippen LogP contribution in [0, 0.1) is 11.7 Å². The number of carbonyl (C=O) groups is 1. The maximum Gasteiger partial charge on any atom is 0.222 e. The van der Waals surface area contributed by atoms with Gasteiger partial charge in [0.15, 0.2) is 0 Å². The first-order valence-electron chi connectivity index (χ1n) is 6.01. The summed E-state index contributed by atoms with van der Waals surface area (Å²) in [5.41, 5.74) is 6.60. The molecule has 4 nitrogen and oxygen atoms in total. The Labute approximate surface area is 105 Å². The van der Waals surface area contributed by atoms with E-state index in [2.05, 4.69) is 0 Å². The minimum atomic E-state index is -0.747. The number of aliphatic hydroxyl groups is 1. The van der Waals surface area contributed by atoms with Crippen molar-refractivity contribution in [3.63, 3.8) is 0 Å². The summed E-state index contributed by atoms with van der Waals surface area (Å²) in [6.45, 7) is 2.82. The summed E-state index contributed by atoms with van der Waals surface area (Å²) in [6, 6.07) is 4.33. The van der Waals surface area contributed by atoms with Crippen molar-refractivity contribution in [2.24, 2.45) is 11.7 Å². The van der Waals surface area contributed by atoms with Crippen molar-refractivity contribution in [1.82, 2.24) is 0 Å². The Morgan fingerprint density at radius 2 is 2.33 bits per heavy atom. The van der Waals surface area contributed by atoms with Crippen molar-refractivity contribution in [3.8, 4) is 0 Å². The molecule has 98 valence electrons. The fraction of sp³-hybridized carbons (Fsp3) is 0.462. The molecule has 0 bridgehead atoms. The van der Waals surface area contributed by atoms with Crippen LogP contribution in [-0.2, 0) is 4.79 Å². The van der Waals surface area contributed by atoms with E-state index in [1.165, 1.54) is 12.1 Å². The Bertz CT molecular complexity index is 462. The zero-order valence-corrected chi connectivity index (χ0v) is 10.3. The van der Waals surface area contributed by atoms with E-state index in [1.54, 1.807) is 13.0 Å². The molecule has 5 heteroatoms. The van der Waals surface area contributed by atoms with Gasteiger partial charge in [-0.3, -0.25) is 4.79 Å². The van der Waals surface area contributed by atoms with Crippen LogP contribution in [0.5, 0.6) is 0 Å². The van der Waals surface area contributed by atoms with Crippen molar-refractivity contribution in [3.05, 3.63) is 29.6 Å². The molecule has 1 saturated heterocycles. The van der Waals surface area contributed by atoms with Crippen LogP contribution in [0.3, 0.4) is 0 Å². The van der Waals surface area contributed by atoms with Gasteiger partial charge in [-0.05, 0) is 31.5 Å².